The van der Waals surface area contributed by atoms with Crippen LogP contribution in [0.2, 0.25) is 0 Å². The van der Waals surface area contributed by atoms with Crippen molar-refractivity contribution in [2.45, 2.75) is 39.2 Å². The third-order valence-electron chi connectivity index (χ3n) is 4.78. The van der Waals surface area contributed by atoms with Gasteiger partial charge in [0.25, 0.3) is 0 Å². The first-order valence-corrected chi connectivity index (χ1v) is 8.19. The number of piperidine rings is 1. The summed E-state index contributed by atoms with van der Waals surface area (Å²) in [7, 11) is 0. The lowest BCUT2D eigenvalue weighted by Gasteiger charge is -2.31. The first-order chi connectivity index (χ1) is 10.2. The maximum Gasteiger partial charge on any atom is 0.0459 e. The van der Waals surface area contributed by atoms with Crippen LogP contribution in [-0.2, 0) is 6.54 Å². The smallest absolute Gasteiger partial charge is 0.0459 e. The van der Waals surface area contributed by atoms with Crippen molar-refractivity contribution >= 4 is 10.9 Å². The zero-order valence-corrected chi connectivity index (χ0v) is 13.2. The van der Waals surface area contributed by atoms with Crippen molar-refractivity contribution in [1.29, 1.82) is 0 Å². The van der Waals surface area contributed by atoms with E-state index >= 15 is 0 Å². The molecular weight excluding hydrogens is 258 g/mol. The molecule has 2 heterocycles. The molecule has 0 atom stereocenters. The van der Waals surface area contributed by atoms with Crippen LogP contribution >= 0.6 is 0 Å². The lowest BCUT2D eigenvalue weighted by molar-refractivity contribution is 0.180. The molecule has 0 aliphatic carbocycles. The van der Waals surface area contributed by atoms with Gasteiger partial charge in [-0.2, -0.15) is 0 Å². The number of rotatable bonds is 4. The Morgan fingerprint density at radius 2 is 2.00 bits per heavy atom. The summed E-state index contributed by atoms with van der Waals surface area (Å²) in [5.41, 5.74) is 9.77. The van der Waals surface area contributed by atoms with Crippen LogP contribution in [0, 0.1) is 5.92 Å². The number of likely N-dealkylation sites (tertiary alicyclic amines) is 1. The van der Waals surface area contributed by atoms with Gasteiger partial charge in [0.1, 0.15) is 0 Å². The molecule has 0 radical (unpaired) electrons. The van der Waals surface area contributed by atoms with Gasteiger partial charge in [-0.25, -0.2) is 0 Å². The third-order valence-corrected chi connectivity index (χ3v) is 4.78. The normalized spacial score (nSPS) is 17.9. The van der Waals surface area contributed by atoms with Crippen LogP contribution in [0.25, 0.3) is 10.9 Å². The van der Waals surface area contributed by atoms with E-state index in [0.717, 1.165) is 19.0 Å². The fourth-order valence-electron chi connectivity index (χ4n) is 3.24. The summed E-state index contributed by atoms with van der Waals surface area (Å²) in [6.07, 6.45) is 2.50. The number of fused-ring (bicyclic) bond motifs is 1. The van der Waals surface area contributed by atoms with Gasteiger partial charge in [-0.05, 0) is 67.4 Å². The van der Waals surface area contributed by atoms with Gasteiger partial charge in [0.05, 0.1) is 0 Å². The van der Waals surface area contributed by atoms with Crippen LogP contribution in [0.4, 0.5) is 0 Å². The molecule has 0 spiro atoms. The van der Waals surface area contributed by atoms with Crippen molar-refractivity contribution in [3.8, 4) is 0 Å². The summed E-state index contributed by atoms with van der Waals surface area (Å²) in [6.45, 7) is 8.73. The maximum atomic E-state index is 5.77. The zero-order chi connectivity index (χ0) is 14.8. The third kappa shape index (κ3) is 3.30. The second-order valence-electron chi connectivity index (χ2n) is 6.76. The fourth-order valence-corrected chi connectivity index (χ4v) is 3.24. The molecule has 1 fully saturated rings. The van der Waals surface area contributed by atoms with Crippen molar-refractivity contribution < 1.29 is 0 Å². The van der Waals surface area contributed by atoms with Crippen LogP contribution in [0.15, 0.2) is 24.3 Å². The van der Waals surface area contributed by atoms with Crippen molar-refractivity contribution in [3.05, 3.63) is 35.5 Å². The van der Waals surface area contributed by atoms with Gasteiger partial charge in [0.15, 0.2) is 0 Å². The van der Waals surface area contributed by atoms with E-state index in [2.05, 4.69) is 48.0 Å². The highest BCUT2D eigenvalue weighted by Crippen LogP contribution is 2.23. The molecule has 1 aromatic carbocycles. The molecule has 0 unspecified atom stereocenters. The lowest BCUT2D eigenvalue weighted by Crippen LogP contribution is -2.35. The average molecular weight is 285 g/mol. The Morgan fingerprint density at radius 1 is 1.24 bits per heavy atom. The van der Waals surface area contributed by atoms with E-state index in [1.165, 1.54) is 48.1 Å². The van der Waals surface area contributed by atoms with Gasteiger partial charge in [-0.1, -0.05) is 26.0 Å². The van der Waals surface area contributed by atoms with Crippen LogP contribution in [0.5, 0.6) is 0 Å². The van der Waals surface area contributed by atoms with E-state index in [4.69, 9.17) is 5.73 Å². The lowest BCUT2D eigenvalue weighted by atomic mass is 9.97. The Balaban J connectivity index is 1.70. The predicted molar refractivity (Wildman–Crippen MR) is 89.4 cm³/mol. The topological polar surface area (TPSA) is 45.0 Å². The number of nitrogens with one attached hydrogen (secondary N) is 1. The van der Waals surface area contributed by atoms with Crippen molar-refractivity contribution in [2.75, 3.05) is 19.6 Å². The molecule has 1 aliphatic rings. The highest BCUT2D eigenvalue weighted by atomic mass is 15.1. The van der Waals surface area contributed by atoms with Crippen LogP contribution in [-0.4, -0.2) is 29.5 Å². The summed E-state index contributed by atoms with van der Waals surface area (Å²) >= 11 is 0. The second-order valence-corrected chi connectivity index (χ2v) is 6.76. The molecule has 114 valence electrons. The molecule has 0 amide bonds. The summed E-state index contributed by atoms with van der Waals surface area (Å²) < 4.78 is 0. The summed E-state index contributed by atoms with van der Waals surface area (Å²) in [5, 5.41) is 1.32. The van der Waals surface area contributed by atoms with Crippen LogP contribution in [0.1, 0.15) is 43.9 Å². The van der Waals surface area contributed by atoms with Crippen LogP contribution in [0.3, 0.4) is 0 Å². The minimum absolute atomic E-state index is 0.552. The number of aromatic nitrogens is 1. The molecule has 1 aromatic heterocycles. The Labute approximate surface area is 127 Å². The largest absolute Gasteiger partial charge is 0.358 e. The summed E-state index contributed by atoms with van der Waals surface area (Å²) in [4.78, 5) is 6.11. The van der Waals surface area contributed by atoms with Gasteiger partial charge in [-0.3, -0.25) is 4.90 Å². The Hall–Kier alpha value is -1.32. The van der Waals surface area contributed by atoms with Gasteiger partial charge < -0.3 is 10.7 Å². The van der Waals surface area contributed by atoms with Crippen molar-refractivity contribution in [1.82, 2.24) is 9.88 Å². The van der Waals surface area contributed by atoms with Gasteiger partial charge in [0.2, 0.25) is 0 Å². The van der Waals surface area contributed by atoms with Crippen molar-refractivity contribution in [2.24, 2.45) is 11.7 Å². The van der Waals surface area contributed by atoms with E-state index in [-0.39, 0.29) is 0 Å². The first-order valence-electron chi connectivity index (χ1n) is 8.19. The molecule has 2 aromatic rings. The Morgan fingerprint density at radius 3 is 2.67 bits per heavy atom. The summed E-state index contributed by atoms with van der Waals surface area (Å²) in [6, 6.07) is 9.11. The summed E-state index contributed by atoms with van der Waals surface area (Å²) in [5.74, 6) is 1.29. The molecule has 3 heteroatoms. The molecule has 3 N–H and O–H groups in total. The van der Waals surface area contributed by atoms with E-state index in [0.29, 0.717) is 5.92 Å². The molecule has 21 heavy (non-hydrogen) atoms. The van der Waals surface area contributed by atoms with E-state index in [9.17, 15) is 0 Å². The quantitative estimate of drug-likeness (QED) is 0.903. The van der Waals surface area contributed by atoms with E-state index in [1.807, 2.05) is 0 Å². The molecule has 3 rings (SSSR count). The van der Waals surface area contributed by atoms with Gasteiger partial charge in [0, 0.05) is 17.8 Å². The molecule has 0 bridgehead atoms. The molecule has 3 nitrogen and oxygen atoms in total. The number of hydrogen-bond acceptors (Lipinski definition) is 2. The maximum absolute atomic E-state index is 5.77. The Kier molecular flexibility index (Phi) is 4.32. The molecular formula is C18H27N3. The second kappa shape index (κ2) is 6.20. The van der Waals surface area contributed by atoms with E-state index < -0.39 is 0 Å². The number of H-pyrrole nitrogens is 1. The standard InChI is InChI=1S/C18H27N3/c1-13(2)17-10-16-4-3-15(9-18(16)20-17)12-21-7-5-14(11-19)6-8-21/h3-4,9-10,13-14,20H,5-8,11-12,19H2,1-2H3. The number of benzene rings is 1. The predicted octanol–water partition coefficient (Wildman–Crippen LogP) is 3.46. The molecule has 1 aliphatic heterocycles. The fraction of sp³-hybridized carbons (Fsp3) is 0.556. The van der Waals surface area contributed by atoms with Crippen molar-refractivity contribution in [3.63, 3.8) is 0 Å². The highest BCUT2D eigenvalue weighted by molar-refractivity contribution is 5.81. The van der Waals surface area contributed by atoms with E-state index in [1.54, 1.807) is 0 Å². The number of hydrogen-bond donors (Lipinski definition) is 2. The zero-order valence-electron chi connectivity index (χ0n) is 13.2. The van der Waals surface area contributed by atoms with Crippen LogP contribution < -0.4 is 5.73 Å². The Bertz CT molecular complexity index is 592. The number of aromatic amines is 1. The minimum atomic E-state index is 0.552. The van der Waals surface area contributed by atoms with Gasteiger partial charge >= 0.3 is 0 Å². The first kappa shape index (κ1) is 14.6. The SMILES string of the molecule is CC(C)c1cc2ccc(CN3CCC(CN)CC3)cc2[nH]1. The number of nitrogens with zero attached hydrogens (tertiary/aromatic N) is 1. The minimum Gasteiger partial charge on any atom is -0.358 e. The average Bonchev–Trinajstić information content (AvgIpc) is 2.91. The highest BCUT2D eigenvalue weighted by Gasteiger charge is 2.18. The molecule has 1 saturated heterocycles. The van der Waals surface area contributed by atoms with Gasteiger partial charge in [-0.15, -0.1) is 0 Å². The molecule has 0 saturated carbocycles. The number of nitrogens with two attached hydrogens (primary N) is 1. The monoisotopic (exact) mass is 285 g/mol.